The van der Waals surface area contributed by atoms with E-state index < -0.39 is 0 Å². The first-order chi connectivity index (χ1) is 13.2. The van der Waals surface area contributed by atoms with Crippen molar-refractivity contribution in [2.24, 2.45) is 0 Å². The van der Waals surface area contributed by atoms with Gasteiger partial charge in [-0.25, -0.2) is 4.98 Å². The van der Waals surface area contributed by atoms with Gasteiger partial charge in [0.1, 0.15) is 17.3 Å². The second-order valence-corrected chi connectivity index (χ2v) is 6.80. The summed E-state index contributed by atoms with van der Waals surface area (Å²) in [5, 5.41) is 4.43. The summed E-state index contributed by atoms with van der Waals surface area (Å²) >= 11 is 0. The summed E-state index contributed by atoms with van der Waals surface area (Å²) < 4.78 is 12.8. The molecule has 1 aliphatic rings. The van der Waals surface area contributed by atoms with Gasteiger partial charge in [0.05, 0.1) is 20.4 Å². The zero-order valence-electron chi connectivity index (χ0n) is 16.1. The van der Waals surface area contributed by atoms with Gasteiger partial charge in [-0.1, -0.05) is 0 Å². The standard InChI is InChI=1S/C20H25N5O2/c1-15-12-20(25-19(22-15)6-7-21-25)24-10-8-23(9-11-24)14-16-13-17(26-2)4-5-18(16)27-3/h4-7,12-13H,8-11,14H2,1-3H3. The van der Waals surface area contributed by atoms with Crippen LogP contribution in [-0.4, -0.2) is 59.9 Å². The molecular weight excluding hydrogens is 342 g/mol. The van der Waals surface area contributed by atoms with Crippen molar-refractivity contribution < 1.29 is 9.47 Å². The summed E-state index contributed by atoms with van der Waals surface area (Å²) in [6, 6.07) is 10.0. The number of rotatable bonds is 5. The molecule has 142 valence electrons. The van der Waals surface area contributed by atoms with Gasteiger partial charge in [-0.15, -0.1) is 0 Å². The molecule has 1 aromatic carbocycles. The lowest BCUT2D eigenvalue weighted by Crippen LogP contribution is -2.46. The number of ether oxygens (including phenoxy) is 2. The Kier molecular flexibility index (Phi) is 4.85. The van der Waals surface area contributed by atoms with Crippen molar-refractivity contribution in [2.45, 2.75) is 13.5 Å². The van der Waals surface area contributed by atoms with Gasteiger partial charge in [-0.3, -0.25) is 4.90 Å². The molecule has 1 aliphatic heterocycles. The fourth-order valence-corrected chi connectivity index (χ4v) is 3.63. The van der Waals surface area contributed by atoms with E-state index in [1.54, 1.807) is 20.4 Å². The Labute approximate surface area is 159 Å². The Morgan fingerprint density at radius 3 is 2.56 bits per heavy atom. The molecule has 4 rings (SSSR count). The molecule has 0 aliphatic carbocycles. The highest BCUT2D eigenvalue weighted by Crippen LogP contribution is 2.26. The molecule has 3 heterocycles. The minimum Gasteiger partial charge on any atom is -0.497 e. The van der Waals surface area contributed by atoms with Crippen molar-refractivity contribution in [1.29, 1.82) is 0 Å². The van der Waals surface area contributed by atoms with Crippen molar-refractivity contribution in [3.63, 3.8) is 0 Å². The summed E-state index contributed by atoms with van der Waals surface area (Å²) in [6.07, 6.45) is 1.80. The number of nitrogens with zero attached hydrogens (tertiary/aromatic N) is 5. The third-order valence-corrected chi connectivity index (χ3v) is 5.05. The largest absolute Gasteiger partial charge is 0.497 e. The monoisotopic (exact) mass is 367 g/mol. The zero-order valence-corrected chi connectivity index (χ0v) is 16.1. The van der Waals surface area contributed by atoms with Crippen LogP contribution in [0.5, 0.6) is 11.5 Å². The highest BCUT2D eigenvalue weighted by molar-refractivity contribution is 5.51. The van der Waals surface area contributed by atoms with E-state index in [-0.39, 0.29) is 0 Å². The number of fused-ring (bicyclic) bond motifs is 1. The van der Waals surface area contributed by atoms with Crippen molar-refractivity contribution in [1.82, 2.24) is 19.5 Å². The highest BCUT2D eigenvalue weighted by atomic mass is 16.5. The van der Waals surface area contributed by atoms with E-state index in [2.05, 4.69) is 32.0 Å². The van der Waals surface area contributed by atoms with Crippen LogP contribution in [0.2, 0.25) is 0 Å². The van der Waals surface area contributed by atoms with Gasteiger partial charge in [0.15, 0.2) is 5.65 Å². The molecular formula is C20H25N5O2. The van der Waals surface area contributed by atoms with Crippen molar-refractivity contribution in [2.75, 3.05) is 45.3 Å². The number of aromatic nitrogens is 3. The average molecular weight is 367 g/mol. The lowest BCUT2D eigenvalue weighted by Gasteiger charge is -2.36. The smallest absolute Gasteiger partial charge is 0.157 e. The number of hydrogen-bond donors (Lipinski definition) is 0. The minimum atomic E-state index is 0.848. The average Bonchev–Trinajstić information content (AvgIpc) is 3.16. The van der Waals surface area contributed by atoms with E-state index in [4.69, 9.17) is 9.47 Å². The van der Waals surface area contributed by atoms with Crippen LogP contribution in [0.15, 0.2) is 36.5 Å². The van der Waals surface area contributed by atoms with E-state index in [1.165, 1.54) is 0 Å². The topological polar surface area (TPSA) is 55.1 Å². The lowest BCUT2D eigenvalue weighted by molar-refractivity contribution is 0.245. The normalized spacial score (nSPS) is 15.3. The van der Waals surface area contributed by atoms with E-state index in [1.807, 2.05) is 29.6 Å². The highest BCUT2D eigenvalue weighted by Gasteiger charge is 2.21. The quantitative estimate of drug-likeness (QED) is 0.690. The maximum Gasteiger partial charge on any atom is 0.157 e. The first kappa shape index (κ1) is 17.6. The first-order valence-electron chi connectivity index (χ1n) is 9.17. The Balaban J connectivity index is 1.47. The molecule has 7 heteroatoms. The molecule has 0 saturated carbocycles. The molecule has 0 radical (unpaired) electrons. The van der Waals surface area contributed by atoms with Gasteiger partial charge in [0.2, 0.25) is 0 Å². The zero-order chi connectivity index (χ0) is 18.8. The number of hydrogen-bond acceptors (Lipinski definition) is 6. The maximum absolute atomic E-state index is 5.52. The molecule has 27 heavy (non-hydrogen) atoms. The third kappa shape index (κ3) is 3.55. The molecule has 0 bridgehead atoms. The van der Waals surface area contributed by atoms with Gasteiger partial charge in [0.25, 0.3) is 0 Å². The number of aryl methyl sites for hydroxylation is 1. The Hall–Kier alpha value is -2.80. The third-order valence-electron chi connectivity index (χ3n) is 5.05. The van der Waals surface area contributed by atoms with Gasteiger partial charge in [0, 0.05) is 56.1 Å². The maximum atomic E-state index is 5.52. The molecule has 0 N–H and O–H groups in total. The Bertz CT molecular complexity index is 931. The SMILES string of the molecule is COc1ccc(OC)c(CN2CCN(c3cc(C)nc4ccnn34)CC2)c1. The minimum absolute atomic E-state index is 0.848. The van der Waals surface area contributed by atoms with E-state index in [0.717, 1.165) is 66.9 Å². The summed E-state index contributed by atoms with van der Waals surface area (Å²) in [7, 11) is 3.40. The number of anilines is 1. The van der Waals surface area contributed by atoms with Crippen LogP contribution >= 0.6 is 0 Å². The molecule has 1 fully saturated rings. The van der Waals surface area contributed by atoms with Crippen LogP contribution in [0, 0.1) is 6.92 Å². The molecule has 2 aromatic heterocycles. The van der Waals surface area contributed by atoms with Crippen LogP contribution in [0.1, 0.15) is 11.3 Å². The van der Waals surface area contributed by atoms with E-state index in [9.17, 15) is 0 Å². The van der Waals surface area contributed by atoms with Gasteiger partial charge < -0.3 is 14.4 Å². The van der Waals surface area contributed by atoms with Crippen LogP contribution in [0.4, 0.5) is 5.82 Å². The predicted molar refractivity (Wildman–Crippen MR) is 105 cm³/mol. The number of benzene rings is 1. The summed E-state index contributed by atoms with van der Waals surface area (Å²) in [4.78, 5) is 9.36. The lowest BCUT2D eigenvalue weighted by atomic mass is 10.1. The van der Waals surface area contributed by atoms with Crippen LogP contribution in [-0.2, 0) is 6.54 Å². The summed E-state index contributed by atoms with van der Waals surface area (Å²) in [6.45, 7) is 6.73. The molecule has 0 atom stereocenters. The summed E-state index contributed by atoms with van der Waals surface area (Å²) in [5.74, 6) is 2.88. The van der Waals surface area contributed by atoms with Gasteiger partial charge >= 0.3 is 0 Å². The molecule has 0 amide bonds. The molecule has 1 saturated heterocycles. The van der Waals surface area contributed by atoms with Crippen molar-refractivity contribution in [3.8, 4) is 11.5 Å². The second-order valence-electron chi connectivity index (χ2n) is 6.80. The number of piperazine rings is 1. The Morgan fingerprint density at radius 1 is 1.00 bits per heavy atom. The van der Waals surface area contributed by atoms with Gasteiger partial charge in [-0.2, -0.15) is 9.61 Å². The van der Waals surface area contributed by atoms with Crippen LogP contribution in [0.25, 0.3) is 5.65 Å². The van der Waals surface area contributed by atoms with Crippen molar-refractivity contribution in [3.05, 3.63) is 47.8 Å². The molecule has 7 nitrogen and oxygen atoms in total. The second kappa shape index (κ2) is 7.44. The molecule has 0 spiro atoms. The van der Waals surface area contributed by atoms with E-state index in [0.29, 0.717) is 0 Å². The van der Waals surface area contributed by atoms with Crippen LogP contribution in [0.3, 0.4) is 0 Å². The first-order valence-corrected chi connectivity index (χ1v) is 9.17. The van der Waals surface area contributed by atoms with E-state index >= 15 is 0 Å². The fourth-order valence-electron chi connectivity index (χ4n) is 3.63. The van der Waals surface area contributed by atoms with Gasteiger partial charge in [-0.05, 0) is 25.1 Å². The number of methoxy groups -OCH3 is 2. The Morgan fingerprint density at radius 2 is 1.81 bits per heavy atom. The fraction of sp³-hybridized carbons (Fsp3) is 0.400. The predicted octanol–water partition coefficient (Wildman–Crippen LogP) is 2.38. The molecule has 3 aromatic rings. The summed E-state index contributed by atoms with van der Waals surface area (Å²) in [5.41, 5.74) is 3.06. The van der Waals surface area contributed by atoms with Crippen molar-refractivity contribution >= 4 is 11.5 Å². The van der Waals surface area contributed by atoms with Crippen LogP contribution < -0.4 is 14.4 Å². The molecule has 0 unspecified atom stereocenters.